The lowest BCUT2D eigenvalue weighted by atomic mass is 10.1. The van der Waals surface area contributed by atoms with E-state index in [1.54, 1.807) is 0 Å². The quantitative estimate of drug-likeness (QED) is 0.423. The van der Waals surface area contributed by atoms with Gasteiger partial charge in [0.1, 0.15) is 0 Å². The van der Waals surface area contributed by atoms with Crippen molar-refractivity contribution >= 4 is 17.6 Å². The fraction of sp³-hybridized carbons (Fsp3) is 0.500. The van der Waals surface area contributed by atoms with E-state index in [0.717, 1.165) is 56.2 Å². The molecule has 0 aromatic heterocycles. The molecule has 0 saturated heterocycles. The van der Waals surface area contributed by atoms with Gasteiger partial charge in [-0.3, -0.25) is 9.59 Å². The van der Waals surface area contributed by atoms with Crippen molar-refractivity contribution in [1.29, 1.82) is 0 Å². The fourth-order valence-electron chi connectivity index (χ4n) is 2.50. The van der Waals surface area contributed by atoms with Crippen LogP contribution in [0.4, 0.5) is 5.69 Å². The lowest BCUT2D eigenvalue weighted by molar-refractivity contribution is -0.137. The zero-order chi connectivity index (χ0) is 18.3. The number of nitrogens with two attached hydrogens (primary N) is 1. The van der Waals surface area contributed by atoms with Crippen molar-refractivity contribution in [2.75, 3.05) is 11.9 Å². The lowest BCUT2D eigenvalue weighted by Gasteiger charge is -2.06. The number of carboxylic acid groups (broad SMARTS) is 1. The molecule has 5 nitrogen and oxygen atoms in total. The second kappa shape index (κ2) is 13.0. The zero-order valence-electron chi connectivity index (χ0n) is 14.7. The van der Waals surface area contributed by atoms with E-state index >= 15 is 0 Å². The Kier molecular flexibility index (Phi) is 10.8. The minimum atomic E-state index is -0.719. The first-order chi connectivity index (χ1) is 12.1. The molecule has 1 rings (SSSR count). The number of anilines is 1. The summed E-state index contributed by atoms with van der Waals surface area (Å²) in [6.45, 7) is 0.316. The maximum Gasteiger partial charge on any atom is 0.303 e. The number of benzene rings is 1. The first-order valence-corrected chi connectivity index (χ1v) is 8.92. The van der Waals surface area contributed by atoms with Crippen molar-refractivity contribution in [2.45, 2.75) is 57.8 Å². The highest BCUT2D eigenvalue weighted by Crippen LogP contribution is 2.12. The summed E-state index contributed by atoms with van der Waals surface area (Å²) in [5.74, 6) is 5.04. The van der Waals surface area contributed by atoms with Gasteiger partial charge in [0.25, 0.3) is 0 Å². The summed E-state index contributed by atoms with van der Waals surface area (Å²) in [5, 5.41) is 11.4. The molecule has 5 heteroatoms. The molecule has 0 bridgehead atoms. The highest BCUT2D eigenvalue weighted by Gasteiger charge is 2.03. The SMILES string of the molecule is NCC#Cc1cccc(NC(=O)CCCCCCCCCC(=O)O)c1. The van der Waals surface area contributed by atoms with E-state index in [4.69, 9.17) is 10.8 Å². The first kappa shape index (κ1) is 20.7. The van der Waals surface area contributed by atoms with Crippen LogP contribution < -0.4 is 11.1 Å². The van der Waals surface area contributed by atoms with E-state index in [9.17, 15) is 9.59 Å². The second-order valence-electron chi connectivity index (χ2n) is 6.00. The molecule has 136 valence electrons. The molecule has 25 heavy (non-hydrogen) atoms. The minimum absolute atomic E-state index is 0.0189. The van der Waals surface area contributed by atoms with Crippen LogP contribution in [-0.4, -0.2) is 23.5 Å². The van der Waals surface area contributed by atoms with Crippen LogP contribution >= 0.6 is 0 Å². The molecule has 1 aromatic carbocycles. The van der Waals surface area contributed by atoms with Crippen molar-refractivity contribution < 1.29 is 14.7 Å². The largest absolute Gasteiger partial charge is 0.481 e. The molecule has 0 aliphatic rings. The Bertz CT molecular complexity index is 602. The van der Waals surface area contributed by atoms with Gasteiger partial charge in [0.05, 0.1) is 6.54 Å². The van der Waals surface area contributed by atoms with Crippen LogP contribution in [0.5, 0.6) is 0 Å². The van der Waals surface area contributed by atoms with Gasteiger partial charge in [-0.2, -0.15) is 0 Å². The summed E-state index contributed by atoms with van der Waals surface area (Å²) >= 11 is 0. The monoisotopic (exact) mass is 344 g/mol. The first-order valence-electron chi connectivity index (χ1n) is 8.92. The average Bonchev–Trinajstić information content (AvgIpc) is 2.58. The minimum Gasteiger partial charge on any atom is -0.481 e. The Labute approximate surface area is 150 Å². The summed E-state index contributed by atoms with van der Waals surface area (Å²) < 4.78 is 0. The van der Waals surface area contributed by atoms with Crippen LogP contribution in [0.15, 0.2) is 24.3 Å². The van der Waals surface area contributed by atoms with Crippen LogP contribution in [0, 0.1) is 11.8 Å². The van der Waals surface area contributed by atoms with Crippen molar-refractivity contribution in [3.8, 4) is 11.8 Å². The van der Waals surface area contributed by atoms with Gasteiger partial charge >= 0.3 is 5.97 Å². The Morgan fingerprint density at radius 2 is 1.64 bits per heavy atom. The molecule has 1 amide bonds. The topological polar surface area (TPSA) is 92.4 Å². The molecule has 1 aromatic rings. The van der Waals surface area contributed by atoms with Crippen LogP contribution in [0.25, 0.3) is 0 Å². The number of hydrogen-bond donors (Lipinski definition) is 3. The molecule has 0 fully saturated rings. The number of carboxylic acids is 1. The van der Waals surface area contributed by atoms with Crippen LogP contribution in [0.2, 0.25) is 0 Å². The molecule has 0 aliphatic carbocycles. The summed E-state index contributed by atoms with van der Waals surface area (Å²) in [6, 6.07) is 7.44. The molecule has 0 unspecified atom stereocenters. The highest BCUT2D eigenvalue weighted by atomic mass is 16.4. The van der Waals surface area contributed by atoms with Crippen molar-refractivity contribution in [3.63, 3.8) is 0 Å². The third-order valence-corrected chi connectivity index (χ3v) is 3.78. The Balaban J connectivity index is 2.12. The molecular formula is C20H28N2O3. The van der Waals surface area contributed by atoms with E-state index in [2.05, 4.69) is 17.2 Å². The Morgan fingerprint density at radius 1 is 1.00 bits per heavy atom. The molecule has 0 radical (unpaired) electrons. The van der Waals surface area contributed by atoms with Gasteiger partial charge in [-0.25, -0.2) is 0 Å². The van der Waals surface area contributed by atoms with Crippen LogP contribution in [0.1, 0.15) is 63.4 Å². The van der Waals surface area contributed by atoms with Crippen molar-refractivity contribution in [2.24, 2.45) is 5.73 Å². The highest BCUT2D eigenvalue weighted by molar-refractivity contribution is 5.90. The number of hydrogen-bond acceptors (Lipinski definition) is 3. The molecule has 0 aliphatic heterocycles. The van der Waals surface area contributed by atoms with Crippen molar-refractivity contribution in [3.05, 3.63) is 29.8 Å². The van der Waals surface area contributed by atoms with Gasteiger partial charge in [-0.05, 0) is 31.0 Å². The lowest BCUT2D eigenvalue weighted by Crippen LogP contribution is -2.11. The Hall–Kier alpha value is -2.32. The molecule has 0 saturated carbocycles. The fourth-order valence-corrected chi connectivity index (χ4v) is 2.50. The summed E-state index contributed by atoms with van der Waals surface area (Å²) in [5.41, 5.74) is 6.95. The van der Waals surface area contributed by atoms with Gasteiger partial charge < -0.3 is 16.2 Å². The molecule has 4 N–H and O–H groups in total. The number of unbranched alkanes of at least 4 members (excludes halogenated alkanes) is 6. The molecular weight excluding hydrogens is 316 g/mol. The standard InChI is InChI=1S/C20H28N2O3/c21-15-9-11-17-10-8-12-18(16-17)22-19(23)13-6-4-2-1-3-5-7-14-20(24)25/h8,10,12,16H,1-7,13-15,21H2,(H,22,23)(H,24,25). The molecule has 0 spiro atoms. The van der Waals surface area contributed by atoms with Gasteiger partial charge in [-0.15, -0.1) is 0 Å². The maximum atomic E-state index is 12.0. The normalized spacial score (nSPS) is 9.96. The van der Waals surface area contributed by atoms with Gasteiger partial charge in [0, 0.05) is 24.1 Å². The van der Waals surface area contributed by atoms with E-state index in [1.807, 2.05) is 24.3 Å². The van der Waals surface area contributed by atoms with E-state index in [1.165, 1.54) is 0 Å². The van der Waals surface area contributed by atoms with Gasteiger partial charge in [-0.1, -0.05) is 50.0 Å². The van der Waals surface area contributed by atoms with Crippen LogP contribution in [0.3, 0.4) is 0 Å². The number of carbonyl (C=O) groups excluding carboxylic acids is 1. The Morgan fingerprint density at radius 3 is 2.28 bits per heavy atom. The average molecular weight is 344 g/mol. The molecule has 0 heterocycles. The van der Waals surface area contributed by atoms with E-state index < -0.39 is 5.97 Å². The predicted octanol–water partition coefficient (Wildman–Crippen LogP) is 3.53. The number of rotatable bonds is 11. The number of amides is 1. The number of carbonyl (C=O) groups is 2. The van der Waals surface area contributed by atoms with E-state index in [-0.39, 0.29) is 12.3 Å². The van der Waals surface area contributed by atoms with Crippen molar-refractivity contribution in [1.82, 2.24) is 0 Å². The number of aliphatic carboxylic acids is 1. The third-order valence-electron chi connectivity index (χ3n) is 3.78. The van der Waals surface area contributed by atoms with Gasteiger partial charge in [0.15, 0.2) is 0 Å². The third kappa shape index (κ3) is 11.0. The van der Waals surface area contributed by atoms with Gasteiger partial charge in [0.2, 0.25) is 5.91 Å². The summed E-state index contributed by atoms with van der Waals surface area (Å²) in [4.78, 5) is 22.3. The zero-order valence-corrected chi connectivity index (χ0v) is 14.7. The summed E-state index contributed by atoms with van der Waals surface area (Å²) in [6.07, 6.45) is 7.64. The number of nitrogens with one attached hydrogen (secondary N) is 1. The molecule has 0 atom stereocenters. The maximum absolute atomic E-state index is 12.0. The van der Waals surface area contributed by atoms with Crippen LogP contribution in [-0.2, 0) is 9.59 Å². The van der Waals surface area contributed by atoms with E-state index in [0.29, 0.717) is 13.0 Å². The smallest absolute Gasteiger partial charge is 0.303 e. The second-order valence-corrected chi connectivity index (χ2v) is 6.00. The summed E-state index contributed by atoms with van der Waals surface area (Å²) in [7, 11) is 0. The predicted molar refractivity (Wildman–Crippen MR) is 100 cm³/mol.